The molecule has 1 rings (SSSR count). The molecule has 0 saturated carbocycles. The first-order chi connectivity index (χ1) is 6.88. The van der Waals surface area contributed by atoms with Gasteiger partial charge < -0.3 is 0 Å². The lowest BCUT2D eigenvalue weighted by molar-refractivity contribution is -0.388. The van der Waals surface area contributed by atoms with Gasteiger partial charge in [-0.05, 0) is 12.1 Å². The summed E-state index contributed by atoms with van der Waals surface area (Å²) in [4.78, 5) is 8.96. The maximum atomic E-state index is 11.0. The van der Waals surface area contributed by atoms with E-state index in [1.807, 2.05) is 0 Å². The summed E-state index contributed by atoms with van der Waals surface area (Å²) in [5.41, 5.74) is -1.14. The van der Waals surface area contributed by atoms with Crippen LogP contribution in [0.1, 0.15) is 5.56 Å². The zero-order valence-corrected chi connectivity index (χ0v) is 8.62. The Kier molecular flexibility index (Phi) is 2.93. The lowest BCUT2D eigenvalue weighted by Gasteiger charge is -1.99. The molecule has 1 aromatic rings. The summed E-state index contributed by atoms with van der Waals surface area (Å²) in [6.07, 6.45) is 0. The zero-order valence-electron chi connectivity index (χ0n) is 7.05. The smallest absolute Gasteiger partial charge is 0.258 e. The maximum Gasteiger partial charge on any atom is 0.306 e. The maximum absolute atomic E-state index is 11.0. The number of rotatable bonds is 2. The van der Waals surface area contributed by atoms with Gasteiger partial charge in [-0.2, -0.15) is 5.26 Å². The van der Waals surface area contributed by atoms with Crippen LogP contribution in [-0.4, -0.2) is 13.3 Å². The van der Waals surface area contributed by atoms with Gasteiger partial charge in [0, 0.05) is 10.7 Å². The Morgan fingerprint density at radius 1 is 1.47 bits per heavy atom. The Morgan fingerprint density at radius 3 is 2.47 bits per heavy atom. The van der Waals surface area contributed by atoms with E-state index >= 15 is 0 Å². The highest BCUT2D eigenvalue weighted by atomic mass is 35.7. The third-order valence-electron chi connectivity index (χ3n) is 1.56. The fraction of sp³-hybridized carbons (Fsp3) is 0. The van der Waals surface area contributed by atoms with E-state index < -0.39 is 24.6 Å². The molecule has 1 aromatic carbocycles. The molecule has 78 valence electrons. The van der Waals surface area contributed by atoms with Crippen LogP contribution in [0.2, 0.25) is 0 Å². The second-order valence-corrected chi connectivity index (χ2v) is 4.99. The van der Waals surface area contributed by atoms with Gasteiger partial charge in [-0.1, -0.05) is 6.07 Å². The van der Waals surface area contributed by atoms with Gasteiger partial charge in [0.2, 0.25) is 0 Å². The SMILES string of the molecule is N#Cc1cccc(S(=O)(=O)Cl)c1[N+](=O)[O-]. The van der Waals surface area contributed by atoms with E-state index in [2.05, 4.69) is 0 Å². The topological polar surface area (TPSA) is 101 Å². The normalized spacial score (nSPS) is 10.7. The molecule has 0 aliphatic carbocycles. The number of hydrogen-bond acceptors (Lipinski definition) is 5. The highest BCUT2D eigenvalue weighted by Crippen LogP contribution is 2.29. The molecule has 0 heterocycles. The van der Waals surface area contributed by atoms with Crippen molar-refractivity contribution in [2.24, 2.45) is 0 Å². The average molecular weight is 247 g/mol. The molecule has 6 nitrogen and oxygen atoms in total. The Hall–Kier alpha value is -1.65. The molecule has 15 heavy (non-hydrogen) atoms. The molecule has 0 atom stereocenters. The lowest BCUT2D eigenvalue weighted by Crippen LogP contribution is -2.01. The predicted molar refractivity (Wildman–Crippen MR) is 50.9 cm³/mol. The van der Waals surface area contributed by atoms with Crippen molar-refractivity contribution in [3.05, 3.63) is 33.9 Å². The molecule has 0 aliphatic rings. The number of nitrogens with zero attached hydrogens (tertiary/aromatic N) is 2. The molecule has 0 aromatic heterocycles. The van der Waals surface area contributed by atoms with E-state index in [1.165, 1.54) is 12.1 Å². The van der Waals surface area contributed by atoms with Crippen LogP contribution in [0.3, 0.4) is 0 Å². The number of para-hydroxylation sites is 1. The summed E-state index contributed by atoms with van der Waals surface area (Å²) >= 11 is 0. The molecule has 0 aliphatic heterocycles. The first kappa shape index (κ1) is 11.4. The number of nitro groups is 1. The lowest BCUT2D eigenvalue weighted by atomic mass is 10.2. The fourth-order valence-electron chi connectivity index (χ4n) is 0.998. The number of hydrogen-bond donors (Lipinski definition) is 0. The third-order valence-corrected chi connectivity index (χ3v) is 2.92. The quantitative estimate of drug-likeness (QED) is 0.446. The van der Waals surface area contributed by atoms with Gasteiger partial charge in [0.05, 0.1) is 4.92 Å². The standard InChI is InChI=1S/C7H3ClN2O4S/c8-15(13,14)6-3-1-2-5(4-9)7(6)10(11)12/h1-3H. The Morgan fingerprint density at radius 2 is 2.07 bits per heavy atom. The molecular weight excluding hydrogens is 244 g/mol. The van der Waals surface area contributed by atoms with Crippen molar-refractivity contribution in [2.45, 2.75) is 4.90 Å². The number of nitriles is 1. The van der Waals surface area contributed by atoms with Crippen molar-refractivity contribution in [3.63, 3.8) is 0 Å². The molecule has 0 fully saturated rings. The van der Waals surface area contributed by atoms with Crippen LogP contribution in [-0.2, 0) is 9.05 Å². The average Bonchev–Trinajstić information content (AvgIpc) is 2.15. The van der Waals surface area contributed by atoms with Gasteiger partial charge in [0.25, 0.3) is 9.05 Å². The summed E-state index contributed by atoms with van der Waals surface area (Å²) in [5.74, 6) is 0. The number of nitro benzene ring substituents is 1. The zero-order chi connectivity index (χ0) is 11.6. The van der Waals surface area contributed by atoms with Crippen molar-refractivity contribution in [1.82, 2.24) is 0 Å². The second kappa shape index (κ2) is 3.84. The van der Waals surface area contributed by atoms with Gasteiger partial charge >= 0.3 is 5.69 Å². The summed E-state index contributed by atoms with van der Waals surface area (Å²) in [7, 11) is 0.763. The van der Waals surface area contributed by atoms with Crippen molar-refractivity contribution in [3.8, 4) is 6.07 Å². The first-order valence-corrected chi connectivity index (χ1v) is 5.81. The van der Waals surface area contributed by atoms with E-state index in [4.69, 9.17) is 15.9 Å². The molecule has 0 spiro atoms. The van der Waals surface area contributed by atoms with Crippen LogP contribution in [0.15, 0.2) is 23.1 Å². The Balaban J connectivity index is 3.70. The highest BCUT2D eigenvalue weighted by Gasteiger charge is 2.27. The molecule has 8 heteroatoms. The summed E-state index contributed by atoms with van der Waals surface area (Å²) in [6, 6.07) is 4.85. The van der Waals surface area contributed by atoms with Crippen molar-refractivity contribution < 1.29 is 13.3 Å². The number of halogens is 1. The first-order valence-electron chi connectivity index (χ1n) is 3.50. The molecule has 0 N–H and O–H groups in total. The Bertz CT molecular complexity index is 561. The monoisotopic (exact) mass is 246 g/mol. The predicted octanol–water partition coefficient (Wildman–Crippen LogP) is 1.39. The van der Waals surface area contributed by atoms with E-state index in [1.54, 1.807) is 0 Å². The minimum atomic E-state index is -4.23. The number of benzene rings is 1. The van der Waals surface area contributed by atoms with Crippen LogP contribution in [0.5, 0.6) is 0 Å². The molecule has 0 amide bonds. The van der Waals surface area contributed by atoms with Crippen molar-refractivity contribution >= 4 is 25.4 Å². The summed E-state index contributed by atoms with van der Waals surface area (Å²) in [6.45, 7) is 0. The van der Waals surface area contributed by atoms with Crippen LogP contribution < -0.4 is 0 Å². The molecule has 0 bridgehead atoms. The van der Waals surface area contributed by atoms with E-state index in [0.29, 0.717) is 0 Å². The van der Waals surface area contributed by atoms with Gasteiger partial charge in [0.15, 0.2) is 4.90 Å². The largest absolute Gasteiger partial charge is 0.306 e. The fourth-order valence-corrected chi connectivity index (χ4v) is 2.03. The minimum Gasteiger partial charge on any atom is -0.258 e. The van der Waals surface area contributed by atoms with E-state index in [9.17, 15) is 18.5 Å². The second-order valence-electron chi connectivity index (χ2n) is 2.46. The minimum absolute atomic E-state index is 0.346. The van der Waals surface area contributed by atoms with Crippen molar-refractivity contribution in [1.29, 1.82) is 5.26 Å². The van der Waals surface area contributed by atoms with Crippen molar-refractivity contribution in [2.75, 3.05) is 0 Å². The molecular formula is C7H3ClN2O4S. The summed E-state index contributed by atoms with van der Waals surface area (Å²) in [5, 5.41) is 19.1. The van der Waals surface area contributed by atoms with Crippen LogP contribution >= 0.6 is 10.7 Å². The van der Waals surface area contributed by atoms with Gasteiger partial charge in [-0.3, -0.25) is 10.1 Å². The molecule has 0 saturated heterocycles. The van der Waals surface area contributed by atoms with Crippen LogP contribution in [0, 0.1) is 21.4 Å². The van der Waals surface area contributed by atoms with Gasteiger partial charge in [-0.15, -0.1) is 0 Å². The van der Waals surface area contributed by atoms with Gasteiger partial charge in [0.1, 0.15) is 11.6 Å². The Labute approximate surface area is 89.3 Å². The van der Waals surface area contributed by atoms with E-state index in [0.717, 1.165) is 12.1 Å². The van der Waals surface area contributed by atoms with E-state index in [-0.39, 0.29) is 5.56 Å². The third kappa shape index (κ3) is 2.23. The van der Waals surface area contributed by atoms with Gasteiger partial charge in [-0.25, -0.2) is 8.42 Å². The van der Waals surface area contributed by atoms with Crippen LogP contribution in [0.25, 0.3) is 0 Å². The highest BCUT2D eigenvalue weighted by molar-refractivity contribution is 8.13. The van der Waals surface area contributed by atoms with Crippen LogP contribution in [0.4, 0.5) is 5.69 Å². The summed E-state index contributed by atoms with van der Waals surface area (Å²) < 4.78 is 22.0. The molecule has 0 radical (unpaired) electrons. The molecule has 0 unspecified atom stereocenters.